The van der Waals surface area contributed by atoms with E-state index in [1.165, 1.54) is 11.6 Å². The summed E-state index contributed by atoms with van der Waals surface area (Å²) in [6.45, 7) is 3.56. The second-order valence-electron chi connectivity index (χ2n) is 5.56. The molecule has 132 valence electrons. The van der Waals surface area contributed by atoms with E-state index in [2.05, 4.69) is 12.2 Å². The summed E-state index contributed by atoms with van der Waals surface area (Å²) in [5, 5.41) is 3.16. The molecule has 0 heterocycles. The van der Waals surface area contributed by atoms with Crippen LogP contribution in [0.25, 0.3) is 0 Å². The molecule has 6 heteroatoms. The van der Waals surface area contributed by atoms with E-state index in [0.717, 1.165) is 12.0 Å². The molecule has 0 spiro atoms. The van der Waals surface area contributed by atoms with Gasteiger partial charge in [-0.05, 0) is 36.6 Å². The highest BCUT2D eigenvalue weighted by Gasteiger charge is 2.16. The van der Waals surface area contributed by atoms with Crippen molar-refractivity contribution in [2.45, 2.75) is 26.3 Å². The number of ether oxygens (including phenoxy) is 1. The summed E-state index contributed by atoms with van der Waals surface area (Å²) in [4.78, 5) is 24.0. The number of rotatable bonds is 6. The average molecular weight is 380 g/mol. The zero-order chi connectivity index (χ0) is 18.4. The molecule has 0 saturated heterocycles. The number of hydrogen-bond donors (Lipinski definition) is 1. The molecule has 1 atom stereocenters. The summed E-state index contributed by atoms with van der Waals surface area (Å²) in [7, 11) is 0. The maximum absolute atomic E-state index is 12.0. The quantitative estimate of drug-likeness (QED) is 0.746. The Balaban J connectivity index is 1.89. The van der Waals surface area contributed by atoms with Gasteiger partial charge in [-0.3, -0.25) is 4.79 Å². The van der Waals surface area contributed by atoms with Crippen LogP contribution < -0.4 is 5.32 Å². The zero-order valence-corrected chi connectivity index (χ0v) is 15.5. The van der Waals surface area contributed by atoms with E-state index in [4.69, 9.17) is 27.9 Å². The third-order valence-corrected chi connectivity index (χ3v) is 4.59. The summed E-state index contributed by atoms with van der Waals surface area (Å²) in [6.07, 6.45) is 0.961. The number of benzene rings is 2. The van der Waals surface area contributed by atoms with Gasteiger partial charge in [0.2, 0.25) is 0 Å². The summed E-state index contributed by atoms with van der Waals surface area (Å²) in [5.74, 6) is -1.08. The van der Waals surface area contributed by atoms with E-state index in [1.54, 1.807) is 12.1 Å². The molecule has 0 aliphatic rings. The molecule has 2 aromatic rings. The first-order valence-electron chi connectivity index (χ1n) is 7.91. The number of amides is 1. The standard InChI is InChI=1S/C19H19Cl2NO3/c1-3-13-7-9-14(10-8-13)12(2)22-17(23)11-25-19(24)15-5-4-6-16(20)18(15)21/h4-10,12H,3,11H2,1-2H3,(H,22,23)/t12-/m0/s1. The fourth-order valence-corrected chi connectivity index (χ4v) is 2.66. The summed E-state index contributed by atoms with van der Waals surface area (Å²) >= 11 is 11.8. The first kappa shape index (κ1) is 19.3. The summed E-state index contributed by atoms with van der Waals surface area (Å²) in [6, 6.07) is 12.5. The van der Waals surface area contributed by atoms with Crippen LogP contribution in [-0.4, -0.2) is 18.5 Å². The molecule has 2 rings (SSSR count). The third kappa shape index (κ3) is 5.21. The van der Waals surface area contributed by atoms with E-state index in [0.29, 0.717) is 0 Å². The molecule has 4 nitrogen and oxygen atoms in total. The molecule has 0 fully saturated rings. The normalized spacial score (nSPS) is 11.7. The molecular weight excluding hydrogens is 361 g/mol. The molecule has 0 aliphatic heterocycles. The Bertz CT molecular complexity index is 760. The van der Waals surface area contributed by atoms with Crippen molar-refractivity contribution >= 4 is 35.1 Å². The number of esters is 1. The highest BCUT2D eigenvalue weighted by molar-refractivity contribution is 6.43. The Labute approximate surface area is 157 Å². The Hall–Kier alpha value is -2.04. The first-order valence-corrected chi connectivity index (χ1v) is 8.67. The van der Waals surface area contributed by atoms with Crippen LogP contribution in [0.2, 0.25) is 10.0 Å². The smallest absolute Gasteiger partial charge is 0.340 e. The van der Waals surface area contributed by atoms with Crippen molar-refractivity contribution in [3.63, 3.8) is 0 Å². The number of nitrogens with one attached hydrogen (secondary N) is 1. The molecule has 1 N–H and O–H groups in total. The predicted molar refractivity (Wildman–Crippen MR) is 99.1 cm³/mol. The fourth-order valence-electron chi connectivity index (χ4n) is 2.28. The molecular formula is C19H19Cl2NO3. The second kappa shape index (κ2) is 8.88. The minimum atomic E-state index is -0.692. The van der Waals surface area contributed by atoms with Crippen LogP contribution in [0, 0.1) is 0 Å². The second-order valence-corrected chi connectivity index (χ2v) is 6.35. The number of halogens is 2. The van der Waals surface area contributed by atoms with Gasteiger partial charge < -0.3 is 10.1 Å². The minimum absolute atomic E-state index is 0.110. The van der Waals surface area contributed by atoms with Gasteiger partial charge >= 0.3 is 5.97 Å². The maximum atomic E-state index is 12.0. The maximum Gasteiger partial charge on any atom is 0.340 e. The molecule has 25 heavy (non-hydrogen) atoms. The van der Waals surface area contributed by atoms with Crippen molar-refractivity contribution in [3.8, 4) is 0 Å². The minimum Gasteiger partial charge on any atom is -0.452 e. The zero-order valence-electron chi connectivity index (χ0n) is 14.0. The highest BCUT2D eigenvalue weighted by atomic mass is 35.5. The van der Waals surface area contributed by atoms with Gasteiger partial charge in [-0.25, -0.2) is 4.79 Å². The molecule has 2 aromatic carbocycles. The highest BCUT2D eigenvalue weighted by Crippen LogP contribution is 2.26. The van der Waals surface area contributed by atoms with Crippen molar-refractivity contribution < 1.29 is 14.3 Å². The number of carbonyl (C=O) groups excluding carboxylic acids is 2. The molecule has 0 saturated carbocycles. The van der Waals surface area contributed by atoms with Crippen molar-refractivity contribution in [1.82, 2.24) is 5.32 Å². The van der Waals surface area contributed by atoms with E-state index in [9.17, 15) is 9.59 Å². The van der Waals surface area contributed by atoms with Crippen LogP contribution in [0.3, 0.4) is 0 Å². The van der Waals surface area contributed by atoms with Gasteiger partial charge in [-0.1, -0.05) is 60.5 Å². The first-order chi connectivity index (χ1) is 11.9. The van der Waals surface area contributed by atoms with Crippen molar-refractivity contribution in [2.75, 3.05) is 6.61 Å². The Morgan fingerprint density at radius 3 is 2.44 bits per heavy atom. The number of aryl methyl sites for hydroxylation is 1. The molecule has 1 amide bonds. The molecule has 0 aliphatic carbocycles. The Morgan fingerprint density at radius 2 is 1.80 bits per heavy atom. The summed E-state index contributed by atoms with van der Waals surface area (Å²) < 4.78 is 5.00. The predicted octanol–water partition coefficient (Wildman–Crippen LogP) is 4.59. The van der Waals surface area contributed by atoms with Crippen LogP contribution >= 0.6 is 23.2 Å². The Kier molecular flexibility index (Phi) is 6.85. The van der Waals surface area contributed by atoms with Gasteiger partial charge in [0, 0.05) is 0 Å². The van der Waals surface area contributed by atoms with Crippen LogP contribution in [0.4, 0.5) is 0 Å². The molecule has 0 aromatic heterocycles. The van der Waals surface area contributed by atoms with Gasteiger partial charge in [0.25, 0.3) is 5.91 Å². The van der Waals surface area contributed by atoms with Crippen LogP contribution in [-0.2, 0) is 16.0 Å². The molecule has 0 bridgehead atoms. The molecule has 0 unspecified atom stereocenters. The SMILES string of the molecule is CCc1ccc([C@H](C)NC(=O)COC(=O)c2cccc(Cl)c2Cl)cc1. The number of hydrogen-bond acceptors (Lipinski definition) is 3. The van der Waals surface area contributed by atoms with Gasteiger partial charge in [0.05, 0.1) is 21.7 Å². The lowest BCUT2D eigenvalue weighted by Gasteiger charge is -2.15. The Morgan fingerprint density at radius 1 is 1.12 bits per heavy atom. The van der Waals surface area contributed by atoms with E-state index >= 15 is 0 Å². The van der Waals surface area contributed by atoms with Crippen molar-refractivity contribution in [1.29, 1.82) is 0 Å². The van der Waals surface area contributed by atoms with Crippen LogP contribution in [0.1, 0.15) is 41.4 Å². The van der Waals surface area contributed by atoms with Gasteiger partial charge in [-0.2, -0.15) is 0 Å². The monoisotopic (exact) mass is 379 g/mol. The van der Waals surface area contributed by atoms with Crippen molar-refractivity contribution in [2.24, 2.45) is 0 Å². The number of carbonyl (C=O) groups is 2. The summed E-state index contributed by atoms with van der Waals surface area (Å²) in [5.41, 5.74) is 2.34. The van der Waals surface area contributed by atoms with Gasteiger partial charge in [0.1, 0.15) is 0 Å². The lowest BCUT2D eigenvalue weighted by atomic mass is 10.1. The van der Waals surface area contributed by atoms with E-state index in [1.807, 2.05) is 31.2 Å². The van der Waals surface area contributed by atoms with E-state index in [-0.39, 0.29) is 28.3 Å². The van der Waals surface area contributed by atoms with Crippen LogP contribution in [0.5, 0.6) is 0 Å². The lowest BCUT2D eigenvalue weighted by molar-refractivity contribution is -0.124. The van der Waals surface area contributed by atoms with Gasteiger partial charge in [0.15, 0.2) is 6.61 Å². The van der Waals surface area contributed by atoms with E-state index < -0.39 is 11.9 Å². The van der Waals surface area contributed by atoms with Crippen LogP contribution in [0.15, 0.2) is 42.5 Å². The van der Waals surface area contributed by atoms with Crippen molar-refractivity contribution in [3.05, 3.63) is 69.2 Å². The average Bonchev–Trinajstić information content (AvgIpc) is 2.62. The van der Waals surface area contributed by atoms with Gasteiger partial charge in [-0.15, -0.1) is 0 Å². The third-order valence-electron chi connectivity index (χ3n) is 3.77. The largest absolute Gasteiger partial charge is 0.452 e. The fraction of sp³-hybridized carbons (Fsp3) is 0.263. The molecule has 0 radical (unpaired) electrons. The lowest BCUT2D eigenvalue weighted by Crippen LogP contribution is -2.31. The topological polar surface area (TPSA) is 55.4 Å².